The van der Waals surface area contributed by atoms with Gasteiger partial charge in [-0.3, -0.25) is 4.79 Å². The highest BCUT2D eigenvalue weighted by molar-refractivity contribution is 5.82. The van der Waals surface area contributed by atoms with Crippen molar-refractivity contribution >= 4 is 5.91 Å². The zero-order valence-corrected chi connectivity index (χ0v) is 11.7. The molecular weight excluding hydrogens is 236 g/mol. The van der Waals surface area contributed by atoms with Crippen molar-refractivity contribution < 1.29 is 4.79 Å². The minimum absolute atomic E-state index is 0.0248. The van der Waals surface area contributed by atoms with Crippen LogP contribution in [-0.2, 0) is 4.79 Å². The second kappa shape index (κ2) is 6.71. The zero-order valence-electron chi connectivity index (χ0n) is 11.7. The predicted octanol–water partition coefficient (Wildman–Crippen LogP) is 2.73. The average Bonchev–Trinajstić information content (AvgIpc) is 2.47. The summed E-state index contributed by atoms with van der Waals surface area (Å²) in [6.07, 6.45) is 6.45. The Labute approximate surface area is 115 Å². The molecule has 1 atom stereocenters. The molecule has 0 saturated heterocycles. The maximum Gasteiger partial charge on any atom is 0.243 e. The summed E-state index contributed by atoms with van der Waals surface area (Å²) in [6, 6.07) is 9.07. The van der Waals surface area contributed by atoms with Crippen molar-refractivity contribution in [2.45, 2.75) is 38.1 Å². The summed E-state index contributed by atoms with van der Waals surface area (Å²) in [6.45, 7) is 0.847. The lowest BCUT2D eigenvalue weighted by molar-refractivity contribution is -0.132. The fourth-order valence-corrected chi connectivity index (χ4v) is 2.89. The third-order valence-electron chi connectivity index (χ3n) is 4.06. The van der Waals surface area contributed by atoms with Gasteiger partial charge in [0, 0.05) is 13.6 Å². The van der Waals surface area contributed by atoms with Crippen molar-refractivity contribution in [3.63, 3.8) is 0 Å². The van der Waals surface area contributed by atoms with Crippen molar-refractivity contribution in [3.8, 4) is 0 Å². The van der Waals surface area contributed by atoms with Gasteiger partial charge in [0.2, 0.25) is 5.91 Å². The molecule has 104 valence electrons. The number of amides is 1. The molecule has 19 heavy (non-hydrogen) atoms. The molecule has 0 aromatic heterocycles. The molecule has 0 aliphatic heterocycles. The van der Waals surface area contributed by atoms with Crippen LogP contribution in [0.4, 0.5) is 0 Å². The molecule has 3 nitrogen and oxygen atoms in total. The number of rotatable bonds is 4. The predicted molar refractivity (Wildman–Crippen MR) is 77.6 cm³/mol. The van der Waals surface area contributed by atoms with E-state index < -0.39 is 6.04 Å². The molecule has 0 heterocycles. The summed E-state index contributed by atoms with van der Waals surface area (Å²) in [4.78, 5) is 14.1. The van der Waals surface area contributed by atoms with Gasteiger partial charge >= 0.3 is 0 Å². The molecule has 3 heteroatoms. The number of nitrogens with zero attached hydrogens (tertiary/aromatic N) is 1. The van der Waals surface area contributed by atoms with Crippen molar-refractivity contribution in [1.29, 1.82) is 0 Å². The highest BCUT2D eigenvalue weighted by Crippen LogP contribution is 2.24. The lowest BCUT2D eigenvalue weighted by Crippen LogP contribution is -2.39. The molecule has 1 aromatic carbocycles. The van der Waals surface area contributed by atoms with Crippen LogP contribution in [0.2, 0.25) is 0 Å². The first kappa shape index (κ1) is 14.1. The molecule has 0 spiro atoms. The number of nitrogens with two attached hydrogens (primary N) is 1. The van der Waals surface area contributed by atoms with Crippen LogP contribution in [-0.4, -0.2) is 24.4 Å². The lowest BCUT2D eigenvalue weighted by atomic mass is 9.89. The Morgan fingerprint density at radius 3 is 2.53 bits per heavy atom. The summed E-state index contributed by atoms with van der Waals surface area (Å²) in [5, 5.41) is 0. The normalized spacial score (nSPS) is 18.0. The van der Waals surface area contributed by atoms with Crippen molar-refractivity contribution in [1.82, 2.24) is 4.90 Å². The van der Waals surface area contributed by atoms with Gasteiger partial charge in [-0.15, -0.1) is 0 Å². The first-order valence-corrected chi connectivity index (χ1v) is 7.24. The Hall–Kier alpha value is -1.35. The van der Waals surface area contributed by atoms with Crippen LogP contribution in [0.1, 0.15) is 43.7 Å². The van der Waals surface area contributed by atoms with Gasteiger partial charge in [-0.25, -0.2) is 0 Å². The minimum atomic E-state index is -0.533. The number of benzene rings is 1. The highest BCUT2D eigenvalue weighted by Gasteiger charge is 2.23. The van der Waals surface area contributed by atoms with E-state index in [1.165, 1.54) is 32.1 Å². The van der Waals surface area contributed by atoms with Gasteiger partial charge in [0.25, 0.3) is 0 Å². The van der Waals surface area contributed by atoms with E-state index in [0.717, 1.165) is 12.1 Å². The Bertz CT molecular complexity index is 398. The van der Waals surface area contributed by atoms with E-state index in [0.29, 0.717) is 5.92 Å². The van der Waals surface area contributed by atoms with Crippen LogP contribution in [0.5, 0.6) is 0 Å². The second-order valence-corrected chi connectivity index (χ2v) is 5.61. The van der Waals surface area contributed by atoms with E-state index in [-0.39, 0.29) is 5.91 Å². The van der Waals surface area contributed by atoms with Gasteiger partial charge in [0.05, 0.1) is 0 Å². The van der Waals surface area contributed by atoms with Crippen molar-refractivity contribution in [2.75, 3.05) is 13.6 Å². The standard InChI is InChI=1S/C16H24N2O/c1-18(12-13-8-4-2-5-9-13)16(19)15(17)14-10-6-3-7-11-14/h3,6-7,10-11,13,15H,2,4-5,8-9,12,17H2,1H3. The van der Waals surface area contributed by atoms with E-state index in [2.05, 4.69) is 0 Å². The lowest BCUT2D eigenvalue weighted by Gasteiger charge is -2.28. The van der Waals surface area contributed by atoms with Gasteiger partial charge in [0.1, 0.15) is 6.04 Å². The largest absolute Gasteiger partial charge is 0.344 e. The maximum atomic E-state index is 12.3. The molecule has 1 aliphatic carbocycles. The fourth-order valence-electron chi connectivity index (χ4n) is 2.89. The summed E-state index contributed by atoms with van der Waals surface area (Å²) >= 11 is 0. The third kappa shape index (κ3) is 3.80. The first-order chi connectivity index (χ1) is 9.18. The molecule has 0 radical (unpaired) electrons. The molecule has 0 bridgehead atoms. The molecule has 1 aliphatic rings. The Balaban J connectivity index is 1.91. The number of likely N-dealkylation sites (N-methyl/N-ethyl adjacent to an activating group) is 1. The average molecular weight is 260 g/mol. The van der Waals surface area contributed by atoms with E-state index in [1.807, 2.05) is 42.3 Å². The van der Waals surface area contributed by atoms with E-state index in [9.17, 15) is 4.79 Å². The quantitative estimate of drug-likeness (QED) is 0.904. The number of hydrogen-bond acceptors (Lipinski definition) is 2. The summed E-state index contributed by atoms with van der Waals surface area (Å²) in [7, 11) is 1.87. The molecule has 1 amide bonds. The molecule has 2 N–H and O–H groups in total. The zero-order chi connectivity index (χ0) is 13.7. The van der Waals surface area contributed by atoms with Crippen LogP contribution in [0.25, 0.3) is 0 Å². The van der Waals surface area contributed by atoms with Crippen LogP contribution in [0.15, 0.2) is 30.3 Å². The van der Waals surface area contributed by atoms with Gasteiger partial charge in [-0.05, 0) is 24.3 Å². The van der Waals surface area contributed by atoms with Crippen LogP contribution in [0.3, 0.4) is 0 Å². The van der Waals surface area contributed by atoms with Crippen LogP contribution < -0.4 is 5.73 Å². The summed E-state index contributed by atoms with van der Waals surface area (Å²) in [5.74, 6) is 0.683. The molecule has 1 saturated carbocycles. The number of carbonyl (C=O) groups excluding carboxylic acids is 1. The topological polar surface area (TPSA) is 46.3 Å². The Morgan fingerprint density at radius 2 is 1.89 bits per heavy atom. The highest BCUT2D eigenvalue weighted by atomic mass is 16.2. The van der Waals surface area contributed by atoms with Gasteiger partial charge in [0.15, 0.2) is 0 Å². The fraction of sp³-hybridized carbons (Fsp3) is 0.562. The minimum Gasteiger partial charge on any atom is -0.344 e. The Morgan fingerprint density at radius 1 is 1.26 bits per heavy atom. The maximum absolute atomic E-state index is 12.3. The SMILES string of the molecule is CN(CC1CCCCC1)C(=O)C(N)c1ccccc1. The van der Waals surface area contributed by atoms with Crippen LogP contribution in [0, 0.1) is 5.92 Å². The number of carbonyl (C=O) groups is 1. The van der Waals surface area contributed by atoms with Crippen LogP contribution >= 0.6 is 0 Å². The smallest absolute Gasteiger partial charge is 0.243 e. The van der Waals surface area contributed by atoms with Crippen molar-refractivity contribution in [3.05, 3.63) is 35.9 Å². The first-order valence-electron chi connectivity index (χ1n) is 7.24. The number of hydrogen-bond donors (Lipinski definition) is 1. The Kier molecular flexibility index (Phi) is 4.97. The van der Waals surface area contributed by atoms with Crippen molar-refractivity contribution in [2.24, 2.45) is 11.7 Å². The molecule has 2 rings (SSSR count). The van der Waals surface area contributed by atoms with Gasteiger partial charge in [-0.2, -0.15) is 0 Å². The molecule has 1 fully saturated rings. The van der Waals surface area contributed by atoms with E-state index >= 15 is 0 Å². The van der Waals surface area contributed by atoms with E-state index in [1.54, 1.807) is 0 Å². The summed E-state index contributed by atoms with van der Waals surface area (Å²) < 4.78 is 0. The summed E-state index contributed by atoms with van der Waals surface area (Å²) in [5.41, 5.74) is 6.95. The van der Waals surface area contributed by atoms with Gasteiger partial charge in [-0.1, -0.05) is 49.6 Å². The van der Waals surface area contributed by atoms with E-state index in [4.69, 9.17) is 5.73 Å². The third-order valence-corrected chi connectivity index (χ3v) is 4.06. The molecule has 1 unspecified atom stereocenters. The monoisotopic (exact) mass is 260 g/mol. The van der Waals surface area contributed by atoms with Gasteiger partial charge < -0.3 is 10.6 Å². The second-order valence-electron chi connectivity index (χ2n) is 5.61. The molecular formula is C16H24N2O. The molecule has 1 aromatic rings.